The van der Waals surface area contributed by atoms with Gasteiger partial charge in [-0.3, -0.25) is 4.90 Å². The van der Waals surface area contributed by atoms with Gasteiger partial charge in [0.15, 0.2) is 0 Å². The number of hydrogen-bond acceptors (Lipinski definition) is 4. The second-order valence-electron chi connectivity index (χ2n) is 5.80. The predicted octanol–water partition coefficient (Wildman–Crippen LogP) is 3.59. The van der Waals surface area contributed by atoms with Gasteiger partial charge in [0.2, 0.25) is 0 Å². The van der Waals surface area contributed by atoms with E-state index in [0.717, 1.165) is 31.0 Å². The molecule has 2 unspecified atom stereocenters. The molecule has 1 aromatic carbocycles. The summed E-state index contributed by atoms with van der Waals surface area (Å²) in [4.78, 5) is 3.44. The average molecular weight is 329 g/mol. The molecule has 2 heterocycles. The van der Waals surface area contributed by atoms with Gasteiger partial charge in [0.25, 0.3) is 0 Å². The Labute approximate surface area is 141 Å². The van der Waals surface area contributed by atoms with Crippen molar-refractivity contribution in [3.05, 3.63) is 64.4 Å². The Morgan fingerprint density at radius 1 is 1.26 bits per heavy atom. The fourth-order valence-electron chi connectivity index (χ4n) is 2.89. The first-order valence-electron chi connectivity index (χ1n) is 8.08. The van der Waals surface area contributed by atoms with Gasteiger partial charge in [-0.25, -0.2) is 0 Å². The summed E-state index contributed by atoms with van der Waals surface area (Å²) in [5.41, 5.74) is 1.22. The van der Waals surface area contributed by atoms with Crippen molar-refractivity contribution in [2.24, 2.45) is 0 Å². The first kappa shape index (κ1) is 16.4. The quantitative estimate of drug-likeness (QED) is 0.879. The summed E-state index contributed by atoms with van der Waals surface area (Å²) >= 11 is 1.61. The number of aliphatic hydroxyl groups is 1. The lowest BCUT2D eigenvalue weighted by Crippen LogP contribution is -2.46. The number of benzene rings is 1. The largest absolute Gasteiger partial charge is 0.388 e. The molecule has 122 valence electrons. The lowest BCUT2D eigenvalue weighted by atomic mass is 10.1. The van der Waals surface area contributed by atoms with E-state index in [-0.39, 0.29) is 6.04 Å². The van der Waals surface area contributed by atoms with Crippen LogP contribution in [0.25, 0.3) is 6.08 Å². The topological polar surface area (TPSA) is 32.7 Å². The van der Waals surface area contributed by atoms with Crippen LogP contribution in [0, 0.1) is 0 Å². The number of thiophene rings is 1. The Morgan fingerprint density at radius 3 is 2.91 bits per heavy atom. The lowest BCUT2D eigenvalue weighted by molar-refractivity contribution is -0.0204. The molecule has 2 atom stereocenters. The summed E-state index contributed by atoms with van der Waals surface area (Å²) in [5.74, 6) is 0. The number of aliphatic hydroxyl groups excluding tert-OH is 1. The summed E-state index contributed by atoms with van der Waals surface area (Å²) in [7, 11) is 0. The van der Waals surface area contributed by atoms with Gasteiger partial charge in [-0.15, -0.1) is 11.3 Å². The second-order valence-corrected chi connectivity index (χ2v) is 6.78. The first-order valence-corrected chi connectivity index (χ1v) is 8.96. The molecule has 0 spiro atoms. The highest BCUT2D eigenvalue weighted by atomic mass is 32.1. The molecule has 1 aliphatic rings. The minimum Gasteiger partial charge on any atom is -0.388 e. The third-order valence-electron chi connectivity index (χ3n) is 4.17. The van der Waals surface area contributed by atoms with E-state index in [0.29, 0.717) is 6.61 Å². The monoisotopic (exact) mass is 329 g/mol. The zero-order valence-electron chi connectivity index (χ0n) is 13.2. The summed E-state index contributed by atoms with van der Waals surface area (Å²) in [6.07, 6.45) is 4.68. The predicted molar refractivity (Wildman–Crippen MR) is 95.6 cm³/mol. The van der Waals surface area contributed by atoms with E-state index >= 15 is 0 Å². The Kier molecular flexibility index (Phi) is 6.00. The number of hydrogen-bond donors (Lipinski definition) is 1. The van der Waals surface area contributed by atoms with E-state index in [1.54, 1.807) is 11.3 Å². The van der Waals surface area contributed by atoms with Crippen LogP contribution in [-0.2, 0) is 4.74 Å². The first-order chi connectivity index (χ1) is 11.3. The molecule has 1 aliphatic heterocycles. The molecule has 1 aromatic heterocycles. The van der Waals surface area contributed by atoms with E-state index in [1.807, 2.05) is 23.6 Å². The number of nitrogens with zero attached hydrogens (tertiary/aromatic N) is 1. The van der Waals surface area contributed by atoms with Crippen molar-refractivity contribution < 1.29 is 9.84 Å². The number of morpholine rings is 1. The van der Waals surface area contributed by atoms with Crippen LogP contribution in [0.15, 0.2) is 53.9 Å². The van der Waals surface area contributed by atoms with Gasteiger partial charge in [0.1, 0.15) is 0 Å². The van der Waals surface area contributed by atoms with Crippen LogP contribution < -0.4 is 0 Å². The molecule has 1 saturated heterocycles. The normalized spacial score (nSPS) is 20.8. The molecular formula is C19H23NO2S. The van der Waals surface area contributed by atoms with Crippen molar-refractivity contribution in [1.82, 2.24) is 4.90 Å². The summed E-state index contributed by atoms with van der Waals surface area (Å²) in [6.45, 7) is 3.27. The van der Waals surface area contributed by atoms with Crippen molar-refractivity contribution in [1.29, 1.82) is 0 Å². The maximum atomic E-state index is 10.4. The lowest BCUT2D eigenvalue weighted by Gasteiger charge is -2.35. The summed E-state index contributed by atoms with van der Waals surface area (Å²) < 4.78 is 5.62. The molecule has 0 radical (unpaired) electrons. The smallest absolute Gasteiger partial charge is 0.0897 e. The Balaban J connectivity index is 1.57. The van der Waals surface area contributed by atoms with Crippen LogP contribution in [-0.4, -0.2) is 42.4 Å². The van der Waals surface area contributed by atoms with Crippen molar-refractivity contribution in [2.45, 2.75) is 18.6 Å². The van der Waals surface area contributed by atoms with Crippen molar-refractivity contribution in [3.63, 3.8) is 0 Å². The Morgan fingerprint density at radius 2 is 2.13 bits per heavy atom. The van der Waals surface area contributed by atoms with Crippen molar-refractivity contribution in [3.8, 4) is 0 Å². The molecular weight excluding hydrogens is 306 g/mol. The molecule has 0 aliphatic carbocycles. The minimum absolute atomic E-state index is 0.265. The highest BCUT2D eigenvalue weighted by Crippen LogP contribution is 2.25. The zero-order chi connectivity index (χ0) is 15.9. The van der Waals surface area contributed by atoms with E-state index in [1.165, 1.54) is 5.56 Å². The number of ether oxygens (including phenoxy) is 1. The average Bonchev–Trinajstić information content (AvgIpc) is 3.12. The zero-order valence-corrected chi connectivity index (χ0v) is 14.0. The molecule has 4 heteroatoms. The van der Waals surface area contributed by atoms with Crippen LogP contribution in [0.5, 0.6) is 0 Å². The van der Waals surface area contributed by atoms with Gasteiger partial charge in [-0.1, -0.05) is 48.6 Å². The summed E-state index contributed by atoms with van der Waals surface area (Å²) in [6, 6.07) is 14.6. The van der Waals surface area contributed by atoms with Crippen LogP contribution in [0.2, 0.25) is 0 Å². The molecule has 1 fully saturated rings. The van der Waals surface area contributed by atoms with E-state index in [9.17, 15) is 5.11 Å². The van der Waals surface area contributed by atoms with Gasteiger partial charge in [-0.2, -0.15) is 0 Å². The molecule has 23 heavy (non-hydrogen) atoms. The minimum atomic E-state index is -0.401. The van der Waals surface area contributed by atoms with E-state index < -0.39 is 6.10 Å². The van der Waals surface area contributed by atoms with Crippen molar-refractivity contribution >= 4 is 17.4 Å². The fourth-order valence-corrected chi connectivity index (χ4v) is 3.61. The van der Waals surface area contributed by atoms with Gasteiger partial charge < -0.3 is 9.84 Å². The maximum Gasteiger partial charge on any atom is 0.0897 e. The summed E-state index contributed by atoms with van der Waals surface area (Å²) in [5, 5.41) is 12.4. The van der Waals surface area contributed by atoms with Gasteiger partial charge in [-0.05, 0) is 23.4 Å². The molecule has 3 rings (SSSR count). The fraction of sp³-hybridized carbons (Fsp3) is 0.368. The van der Waals surface area contributed by atoms with E-state index in [2.05, 4.69) is 41.3 Å². The van der Waals surface area contributed by atoms with Gasteiger partial charge in [0, 0.05) is 24.0 Å². The molecule has 2 aromatic rings. The van der Waals surface area contributed by atoms with Crippen molar-refractivity contribution in [2.75, 3.05) is 26.3 Å². The van der Waals surface area contributed by atoms with Crippen LogP contribution in [0.4, 0.5) is 0 Å². The molecule has 0 saturated carbocycles. The van der Waals surface area contributed by atoms with Crippen LogP contribution >= 0.6 is 11.3 Å². The highest BCUT2D eigenvalue weighted by Gasteiger charge is 2.25. The maximum absolute atomic E-state index is 10.4. The second kappa shape index (κ2) is 8.41. The Hall–Kier alpha value is -1.46. The number of rotatable bonds is 6. The molecule has 0 amide bonds. The highest BCUT2D eigenvalue weighted by molar-refractivity contribution is 7.10. The molecule has 0 bridgehead atoms. The van der Waals surface area contributed by atoms with Crippen LogP contribution in [0.1, 0.15) is 23.0 Å². The van der Waals surface area contributed by atoms with E-state index in [4.69, 9.17) is 4.74 Å². The SMILES string of the molecule is OC(CC1COCCN1C/C=C/c1ccccc1)c1cccs1. The molecule has 3 nitrogen and oxygen atoms in total. The van der Waals surface area contributed by atoms with Gasteiger partial charge in [0.05, 0.1) is 19.3 Å². The Bertz CT molecular complexity index is 597. The standard InChI is InChI=1S/C19H23NO2S/c21-18(19-9-5-13-23-19)14-17-15-22-12-11-20(17)10-4-8-16-6-2-1-3-7-16/h1-9,13,17-18,21H,10-12,14-15H2/b8-4+. The third kappa shape index (κ3) is 4.75. The van der Waals surface area contributed by atoms with Crippen LogP contribution in [0.3, 0.4) is 0 Å². The van der Waals surface area contributed by atoms with Gasteiger partial charge >= 0.3 is 0 Å². The molecule has 1 N–H and O–H groups in total. The third-order valence-corrected chi connectivity index (χ3v) is 5.14.